The van der Waals surface area contributed by atoms with Crippen molar-refractivity contribution in [1.29, 1.82) is 0 Å². The fourth-order valence-electron chi connectivity index (χ4n) is 1.73. The first kappa shape index (κ1) is 12.9. The molecule has 0 amide bonds. The summed E-state index contributed by atoms with van der Waals surface area (Å²) in [6.07, 6.45) is 2.88. The summed E-state index contributed by atoms with van der Waals surface area (Å²) < 4.78 is 19.3. The van der Waals surface area contributed by atoms with Crippen molar-refractivity contribution in [2.45, 2.75) is 6.92 Å². The summed E-state index contributed by atoms with van der Waals surface area (Å²) >= 11 is 0. The second-order valence-electron chi connectivity index (χ2n) is 3.85. The van der Waals surface area contributed by atoms with Crippen LogP contribution in [0.4, 0.5) is 4.39 Å². The zero-order chi connectivity index (χ0) is 14.0. The molecule has 0 saturated heterocycles. The van der Waals surface area contributed by atoms with Crippen LogP contribution in [-0.2, 0) is 0 Å². The summed E-state index contributed by atoms with van der Waals surface area (Å²) in [7, 11) is 1.44. The van der Waals surface area contributed by atoms with Gasteiger partial charge in [-0.2, -0.15) is 0 Å². The van der Waals surface area contributed by atoms with Crippen LogP contribution in [0.15, 0.2) is 24.5 Å². The topological polar surface area (TPSA) is 72.3 Å². The molecule has 98 valence electrons. The van der Waals surface area contributed by atoms with Gasteiger partial charge in [-0.05, 0) is 19.1 Å². The Morgan fingerprint density at radius 2 is 2.21 bits per heavy atom. The summed E-state index contributed by atoms with van der Waals surface area (Å²) in [6, 6.07) is 2.74. The van der Waals surface area contributed by atoms with Crippen LogP contribution in [-0.4, -0.2) is 28.2 Å². The SMILES string of the molecule is COc1ccncc1-c1nc(C)cc(C(=O)O)c1F. The predicted molar refractivity (Wildman–Crippen MR) is 65.7 cm³/mol. The molecule has 0 spiro atoms. The van der Waals surface area contributed by atoms with Crippen LogP contribution in [0.25, 0.3) is 11.3 Å². The molecule has 0 aliphatic carbocycles. The largest absolute Gasteiger partial charge is 0.496 e. The molecule has 0 aliphatic rings. The quantitative estimate of drug-likeness (QED) is 0.918. The van der Waals surface area contributed by atoms with E-state index in [1.165, 1.54) is 25.6 Å². The molecular formula is C13H11FN2O3. The fraction of sp³-hybridized carbons (Fsp3) is 0.154. The van der Waals surface area contributed by atoms with Gasteiger partial charge in [-0.3, -0.25) is 4.98 Å². The molecule has 0 fully saturated rings. The van der Waals surface area contributed by atoms with Crippen LogP contribution in [0.5, 0.6) is 5.75 Å². The van der Waals surface area contributed by atoms with E-state index in [2.05, 4.69) is 9.97 Å². The minimum atomic E-state index is -1.34. The van der Waals surface area contributed by atoms with Crippen LogP contribution in [0.3, 0.4) is 0 Å². The molecule has 1 N–H and O–H groups in total. The van der Waals surface area contributed by atoms with Gasteiger partial charge in [0.05, 0.1) is 18.2 Å². The van der Waals surface area contributed by atoms with Crippen molar-refractivity contribution in [3.63, 3.8) is 0 Å². The van der Waals surface area contributed by atoms with E-state index in [9.17, 15) is 9.18 Å². The van der Waals surface area contributed by atoms with Gasteiger partial charge in [-0.15, -0.1) is 0 Å². The number of aromatic nitrogens is 2. The van der Waals surface area contributed by atoms with Crippen LogP contribution in [0.1, 0.15) is 16.1 Å². The molecule has 0 saturated carbocycles. The van der Waals surface area contributed by atoms with Crippen LogP contribution in [0.2, 0.25) is 0 Å². The molecule has 5 nitrogen and oxygen atoms in total. The number of halogens is 1. The Bertz CT molecular complexity index is 644. The van der Waals surface area contributed by atoms with Crippen LogP contribution < -0.4 is 4.74 Å². The molecule has 2 heterocycles. The third-order valence-corrected chi connectivity index (χ3v) is 2.57. The average Bonchev–Trinajstić information content (AvgIpc) is 2.40. The van der Waals surface area contributed by atoms with Gasteiger partial charge in [0.1, 0.15) is 11.4 Å². The van der Waals surface area contributed by atoms with Crippen molar-refractivity contribution in [2.75, 3.05) is 7.11 Å². The first-order chi connectivity index (χ1) is 9.04. The van der Waals surface area contributed by atoms with E-state index in [0.29, 0.717) is 17.0 Å². The van der Waals surface area contributed by atoms with Gasteiger partial charge in [-0.1, -0.05) is 0 Å². The highest BCUT2D eigenvalue weighted by molar-refractivity contribution is 5.89. The van der Waals surface area contributed by atoms with Crippen molar-refractivity contribution >= 4 is 5.97 Å². The first-order valence-electron chi connectivity index (χ1n) is 5.43. The van der Waals surface area contributed by atoms with Crippen molar-refractivity contribution < 1.29 is 19.0 Å². The molecule has 0 bridgehead atoms. The van der Waals surface area contributed by atoms with E-state index in [4.69, 9.17) is 9.84 Å². The van der Waals surface area contributed by atoms with E-state index in [1.807, 2.05) is 0 Å². The molecule has 0 unspecified atom stereocenters. The van der Waals surface area contributed by atoms with Gasteiger partial charge in [-0.25, -0.2) is 14.2 Å². The lowest BCUT2D eigenvalue weighted by molar-refractivity contribution is 0.0691. The predicted octanol–water partition coefficient (Wildman–Crippen LogP) is 2.30. The third-order valence-electron chi connectivity index (χ3n) is 2.57. The lowest BCUT2D eigenvalue weighted by Crippen LogP contribution is -2.06. The number of ether oxygens (including phenoxy) is 1. The molecular weight excluding hydrogens is 251 g/mol. The number of aryl methyl sites for hydroxylation is 1. The molecule has 2 aromatic heterocycles. The van der Waals surface area contributed by atoms with Gasteiger partial charge < -0.3 is 9.84 Å². The molecule has 2 rings (SSSR count). The maximum Gasteiger partial charge on any atom is 0.338 e. The monoisotopic (exact) mass is 262 g/mol. The molecule has 6 heteroatoms. The van der Waals surface area contributed by atoms with Gasteiger partial charge in [0.25, 0.3) is 0 Å². The summed E-state index contributed by atoms with van der Waals surface area (Å²) in [5.74, 6) is -1.86. The number of carboxylic acid groups (broad SMARTS) is 1. The minimum absolute atomic E-state index is 0.0812. The Balaban J connectivity index is 2.72. The van der Waals surface area contributed by atoms with E-state index < -0.39 is 17.3 Å². The van der Waals surface area contributed by atoms with Crippen LogP contribution in [0, 0.1) is 12.7 Å². The number of hydrogen-bond acceptors (Lipinski definition) is 4. The maximum atomic E-state index is 14.2. The molecule has 0 aliphatic heterocycles. The zero-order valence-electron chi connectivity index (χ0n) is 10.3. The first-order valence-corrected chi connectivity index (χ1v) is 5.43. The van der Waals surface area contributed by atoms with Crippen molar-refractivity contribution in [2.24, 2.45) is 0 Å². The molecule has 19 heavy (non-hydrogen) atoms. The Morgan fingerprint density at radius 3 is 2.84 bits per heavy atom. The summed E-state index contributed by atoms with van der Waals surface area (Å²) in [5.41, 5.74) is 0.212. The van der Waals surface area contributed by atoms with Crippen molar-refractivity contribution in [3.8, 4) is 17.0 Å². The number of methoxy groups -OCH3 is 1. The van der Waals surface area contributed by atoms with Crippen molar-refractivity contribution in [3.05, 3.63) is 41.6 Å². The average molecular weight is 262 g/mol. The Kier molecular flexibility index (Phi) is 3.41. The number of aromatic carboxylic acids is 1. The summed E-state index contributed by atoms with van der Waals surface area (Å²) in [6.45, 7) is 1.60. The number of hydrogen-bond donors (Lipinski definition) is 1. The number of pyridine rings is 2. The second-order valence-corrected chi connectivity index (χ2v) is 3.85. The van der Waals surface area contributed by atoms with Gasteiger partial charge in [0.15, 0.2) is 5.82 Å². The molecule has 2 aromatic rings. The smallest absolute Gasteiger partial charge is 0.338 e. The Labute approximate surface area is 108 Å². The maximum absolute atomic E-state index is 14.2. The van der Waals surface area contributed by atoms with E-state index in [-0.39, 0.29) is 5.69 Å². The standard InChI is InChI=1S/C13H11FN2O3/c1-7-5-8(13(17)18)11(14)12(16-7)9-6-15-4-3-10(9)19-2/h3-6H,1-2H3,(H,17,18). The fourth-order valence-corrected chi connectivity index (χ4v) is 1.73. The van der Waals surface area contributed by atoms with Crippen LogP contribution >= 0.6 is 0 Å². The Morgan fingerprint density at radius 1 is 1.47 bits per heavy atom. The third kappa shape index (κ3) is 2.37. The van der Waals surface area contributed by atoms with E-state index in [0.717, 1.165) is 0 Å². The lowest BCUT2D eigenvalue weighted by atomic mass is 10.1. The zero-order valence-corrected chi connectivity index (χ0v) is 10.3. The van der Waals surface area contributed by atoms with Crippen molar-refractivity contribution in [1.82, 2.24) is 9.97 Å². The highest BCUT2D eigenvalue weighted by Crippen LogP contribution is 2.30. The van der Waals surface area contributed by atoms with E-state index >= 15 is 0 Å². The Hall–Kier alpha value is -2.50. The van der Waals surface area contributed by atoms with Gasteiger partial charge in [0.2, 0.25) is 0 Å². The molecule has 0 atom stereocenters. The highest BCUT2D eigenvalue weighted by atomic mass is 19.1. The normalized spacial score (nSPS) is 10.3. The lowest BCUT2D eigenvalue weighted by Gasteiger charge is -2.10. The molecule has 0 radical (unpaired) electrons. The number of carbonyl (C=O) groups is 1. The number of carboxylic acids is 1. The second kappa shape index (κ2) is 5.01. The summed E-state index contributed by atoms with van der Waals surface area (Å²) in [4.78, 5) is 18.9. The molecule has 0 aromatic carbocycles. The van der Waals surface area contributed by atoms with Gasteiger partial charge in [0, 0.05) is 18.1 Å². The number of rotatable bonds is 3. The minimum Gasteiger partial charge on any atom is -0.496 e. The summed E-state index contributed by atoms with van der Waals surface area (Å²) in [5, 5.41) is 8.97. The highest BCUT2D eigenvalue weighted by Gasteiger charge is 2.20. The van der Waals surface area contributed by atoms with Gasteiger partial charge >= 0.3 is 5.97 Å². The number of nitrogens with zero attached hydrogens (tertiary/aromatic N) is 2. The van der Waals surface area contributed by atoms with E-state index in [1.54, 1.807) is 13.0 Å².